The quantitative estimate of drug-likeness (QED) is 0.766. The van der Waals surface area contributed by atoms with Gasteiger partial charge in [0.1, 0.15) is 5.75 Å². The van der Waals surface area contributed by atoms with Crippen LogP contribution in [-0.2, 0) is 6.42 Å². The van der Waals surface area contributed by atoms with Gasteiger partial charge in [0, 0.05) is 18.5 Å². The van der Waals surface area contributed by atoms with Gasteiger partial charge in [-0.1, -0.05) is 5.16 Å². The standard InChI is InChI=1S/C12H14N4O3/c1-18-10-6-8(2-3-9(10)13)12(17)14-5-4-11-15-7-19-16-11/h2-3,6-7H,4-5,13H2,1H3,(H,14,17). The normalized spacial score (nSPS) is 10.2. The van der Waals surface area contributed by atoms with E-state index in [0.29, 0.717) is 35.8 Å². The molecule has 0 spiro atoms. The number of anilines is 1. The molecule has 0 bridgehead atoms. The first kappa shape index (κ1) is 12.9. The number of nitrogen functional groups attached to an aromatic ring is 1. The van der Waals surface area contributed by atoms with Gasteiger partial charge in [-0.25, -0.2) is 0 Å². The van der Waals surface area contributed by atoms with E-state index in [9.17, 15) is 4.79 Å². The molecule has 0 fully saturated rings. The second-order valence-electron chi connectivity index (χ2n) is 3.81. The van der Waals surface area contributed by atoms with Crippen LogP contribution in [0.5, 0.6) is 5.75 Å². The van der Waals surface area contributed by atoms with Crippen LogP contribution in [0.25, 0.3) is 0 Å². The zero-order valence-electron chi connectivity index (χ0n) is 10.4. The summed E-state index contributed by atoms with van der Waals surface area (Å²) in [5.74, 6) is 0.822. The van der Waals surface area contributed by atoms with Gasteiger partial charge in [0.25, 0.3) is 5.91 Å². The molecule has 100 valence electrons. The summed E-state index contributed by atoms with van der Waals surface area (Å²) in [6.07, 6.45) is 1.76. The maximum atomic E-state index is 11.9. The van der Waals surface area contributed by atoms with Gasteiger partial charge in [-0.2, -0.15) is 4.98 Å². The number of nitrogens with two attached hydrogens (primary N) is 1. The Bertz CT molecular complexity index is 554. The first-order chi connectivity index (χ1) is 9.20. The second-order valence-corrected chi connectivity index (χ2v) is 3.81. The van der Waals surface area contributed by atoms with Crippen LogP contribution in [0, 0.1) is 0 Å². The van der Waals surface area contributed by atoms with E-state index in [-0.39, 0.29) is 5.91 Å². The number of nitrogens with zero attached hydrogens (tertiary/aromatic N) is 2. The Labute approximate surface area is 109 Å². The van der Waals surface area contributed by atoms with Gasteiger partial charge in [0.05, 0.1) is 12.8 Å². The van der Waals surface area contributed by atoms with E-state index in [2.05, 4.69) is 20.0 Å². The lowest BCUT2D eigenvalue weighted by atomic mass is 10.1. The first-order valence-corrected chi connectivity index (χ1v) is 5.67. The van der Waals surface area contributed by atoms with Crippen molar-refractivity contribution >= 4 is 11.6 Å². The molecule has 1 aromatic heterocycles. The molecule has 2 rings (SSSR count). The Morgan fingerprint density at radius 1 is 1.53 bits per heavy atom. The molecule has 1 amide bonds. The van der Waals surface area contributed by atoms with Gasteiger partial charge in [-0.05, 0) is 18.2 Å². The average molecular weight is 262 g/mol. The minimum atomic E-state index is -0.207. The Morgan fingerprint density at radius 2 is 2.37 bits per heavy atom. The van der Waals surface area contributed by atoms with Crippen molar-refractivity contribution in [1.82, 2.24) is 15.5 Å². The number of amides is 1. The Hall–Kier alpha value is -2.57. The third-order valence-electron chi connectivity index (χ3n) is 2.54. The lowest BCUT2D eigenvalue weighted by molar-refractivity contribution is 0.0953. The molecule has 7 heteroatoms. The number of carbonyl (C=O) groups is 1. The Kier molecular flexibility index (Phi) is 3.97. The maximum Gasteiger partial charge on any atom is 0.251 e. The van der Waals surface area contributed by atoms with Crippen molar-refractivity contribution in [2.24, 2.45) is 0 Å². The number of hydrogen-bond donors (Lipinski definition) is 2. The number of rotatable bonds is 5. The van der Waals surface area contributed by atoms with Crippen molar-refractivity contribution in [3.63, 3.8) is 0 Å². The number of hydrogen-bond acceptors (Lipinski definition) is 6. The number of benzene rings is 1. The van der Waals surface area contributed by atoms with Gasteiger partial charge in [0.2, 0.25) is 6.39 Å². The number of methoxy groups -OCH3 is 1. The molecule has 0 saturated heterocycles. The SMILES string of the molecule is COc1cc(C(=O)NCCc2ncon2)ccc1N. The minimum absolute atomic E-state index is 0.207. The van der Waals surface area contributed by atoms with Crippen molar-refractivity contribution in [3.8, 4) is 5.75 Å². The lowest BCUT2D eigenvalue weighted by Gasteiger charge is -2.07. The summed E-state index contributed by atoms with van der Waals surface area (Å²) in [6.45, 7) is 0.422. The molecule has 3 N–H and O–H groups in total. The molecule has 19 heavy (non-hydrogen) atoms. The molecule has 7 nitrogen and oxygen atoms in total. The molecule has 2 aromatic rings. The molecule has 1 aromatic carbocycles. The minimum Gasteiger partial charge on any atom is -0.495 e. The van der Waals surface area contributed by atoms with Crippen molar-refractivity contribution in [3.05, 3.63) is 36.0 Å². The summed E-state index contributed by atoms with van der Waals surface area (Å²) >= 11 is 0. The largest absolute Gasteiger partial charge is 0.495 e. The molecule has 0 atom stereocenters. The molecule has 0 radical (unpaired) electrons. The lowest BCUT2D eigenvalue weighted by Crippen LogP contribution is -2.26. The highest BCUT2D eigenvalue weighted by Crippen LogP contribution is 2.21. The van der Waals surface area contributed by atoms with E-state index < -0.39 is 0 Å². The molecule has 0 aliphatic heterocycles. The fraction of sp³-hybridized carbons (Fsp3) is 0.250. The van der Waals surface area contributed by atoms with E-state index >= 15 is 0 Å². The van der Waals surface area contributed by atoms with Crippen LogP contribution >= 0.6 is 0 Å². The van der Waals surface area contributed by atoms with Crippen molar-refractivity contribution < 1.29 is 14.1 Å². The van der Waals surface area contributed by atoms with Crippen LogP contribution in [0.15, 0.2) is 29.1 Å². The van der Waals surface area contributed by atoms with Crippen molar-refractivity contribution in [1.29, 1.82) is 0 Å². The summed E-state index contributed by atoms with van der Waals surface area (Å²) in [4.78, 5) is 15.7. The van der Waals surface area contributed by atoms with Crippen molar-refractivity contribution in [2.75, 3.05) is 19.4 Å². The smallest absolute Gasteiger partial charge is 0.251 e. The predicted molar refractivity (Wildman–Crippen MR) is 67.7 cm³/mol. The van der Waals surface area contributed by atoms with Crippen LogP contribution < -0.4 is 15.8 Å². The summed E-state index contributed by atoms with van der Waals surface area (Å²) in [5, 5.41) is 6.40. The van der Waals surface area contributed by atoms with Gasteiger partial charge in [-0.3, -0.25) is 4.79 Å². The maximum absolute atomic E-state index is 11.9. The third kappa shape index (κ3) is 3.21. The van der Waals surface area contributed by atoms with E-state index in [1.165, 1.54) is 13.5 Å². The third-order valence-corrected chi connectivity index (χ3v) is 2.54. The number of nitrogens with one attached hydrogen (secondary N) is 1. The summed E-state index contributed by atoms with van der Waals surface area (Å²) in [7, 11) is 1.50. The number of aromatic nitrogens is 2. The monoisotopic (exact) mass is 262 g/mol. The predicted octanol–water partition coefficient (Wildman–Crippen LogP) is 0.633. The van der Waals surface area contributed by atoms with Gasteiger partial charge < -0.3 is 20.3 Å². The molecule has 0 saturated carbocycles. The number of carbonyl (C=O) groups excluding carboxylic acids is 1. The Morgan fingerprint density at radius 3 is 3.05 bits per heavy atom. The molecule has 0 aliphatic rings. The van der Waals surface area contributed by atoms with E-state index in [1.54, 1.807) is 18.2 Å². The van der Waals surface area contributed by atoms with Crippen LogP contribution in [0.4, 0.5) is 5.69 Å². The summed E-state index contributed by atoms with van der Waals surface area (Å²) in [5.41, 5.74) is 6.66. The van der Waals surface area contributed by atoms with E-state index in [1.807, 2.05) is 0 Å². The highest BCUT2D eigenvalue weighted by atomic mass is 16.5. The highest BCUT2D eigenvalue weighted by Gasteiger charge is 2.09. The van der Waals surface area contributed by atoms with E-state index in [0.717, 1.165) is 0 Å². The first-order valence-electron chi connectivity index (χ1n) is 5.67. The van der Waals surface area contributed by atoms with Crippen molar-refractivity contribution in [2.45, 2.75) is 6.42 Å². The summed E-state index contributed by atoms with van der Waals surface area (Å²) < 4.78 is 9.66. The molecular weight excluding hydrogens is 248 g/mol. The topological polar surface area (TPSA) is 103 Å². The van der Waals surface area contributed by atoms with Crippen LogP contribution in [0.2, 0.25) is 0 Å². The van der Waals surface area contributed by atoms with Gasteiger partial charge in [-0.15, -0.1) is 0 Å². The second kappa shape index (κ2) is 5.85. The average Bonchev–Trinajstić information content (AvgIpc) is 2.92. The molecular formula is C12H14N4O3. The highest BCUT2D eigenvalue weighted by molar-refractivity contribution is 5.95. The fourth-order valence-corrected chi connectivity index (χ4v) is 1.54. The number of ether oxygens (including phenoxy) is 1. The van der Waals surface area contributed by atoms with Crippen LogP contribution in [0.3, 0.4) is 0 Å². The Balaban J connectivity index is 1.92. The molecule has 0 unspecified atom stereocenters. The van der Waals surface area contributed by atoms with E-state index in [4.69, 9.17) is 10.5 Å². The van der Waals surface area contributed by atoms with Gasteiger partial charge >= 0.3 is 0 Å². The summed E-state index contributed by atoms with van der Waals surface area (Å²) in [6, 6.07) is 4.87. The zero-order chi connectivity index (χ0) is 13.7. The fourth-order valence-electron chi connectivity index (χ4n) is 1.54. The molecule has 1 heterocycles. The zero-order valence-corrected chi connectivity index (χ0v) is 10.4. The molecule has 0 aliphatic carbocycles. The van der Waals surface area contributed by atoms with Gasteiger partial charge in [0.15, 0.2) is 5.82 Å². The van der Waals surface area contributed by atoms with Crippen LogP contribution in [0.1, 0.15) is 16.2 Å². The van der Waals surface area contributed by atoms with Crippen LogP contribution in [-0.4, -0.2) is 29.7 Å².